The number of anilines is 1. The molecule has 2 aromatic carbocycles. The van der Waals surface area contributed by atoms with Gasteiger partial charge in [-0.2, -0.15) is 0 Å². The molecule has 0 spiro atoms. The number of hydrogen-bond acceptors (Lipinski definition) is 6. The van der Waals surface area contributed by atoms with Crippen LogP contribution in [-0.2, 0) is 11.3 Å². The van der Waals surface area contributed by atoms with E-state index in [1.54, 1.807) is 31.2 Å². The Labute approximate surface area is 185 Å². The zero-order chi connectivity index (χ0) is 22.0. The van der Waals surface area contributed by atoms with Crippen molar-refractivity contribution in [2.75, 3.05) is 11.1 Å². The van der Waals surface area contributed by atoms with Crippen LogP contribution >= 0.6 is 27.7 Å². The number of nitro groups is 1. The quantitative estimate of drug-likeness (QED) is 0.237. The molecule has 0 atom stereocenters. The summed E-state index contributed by atoms with van der Waals surface area (Å²) >= 11 is 4.47. The number of hydrogen-bond donors (Lipinski definition) is 1. The van der Waals surface area contributed by atoms with Crippen LogP contribution in [-0.4, -0.2) is 26.1 Å². The summed E-state index contributed by atoms with van der Waals surface area (Å²) in [6.07, 6.45) is 0. The molecule has 156 valence electrons. The van der Waals surface area contributed by atoms with Crippen LogP contribution in [0.25, 0.3) is 10.9 Å². The van der Waals surface area contributed by atoms with Gasteiger partial charge >= 0.3 is 0 Å². The van der Waals surface area contributed by atoms with Crippen molar-refractivity contribution in [3.05, 3.63) is 66.4 Å². The number of carbonyl (C=O) groups is 1. The lowest BCUT2D eigenvalue weighted by Crippen LogP contribution is -2.23. The molecule has 0 aliphatic carbocycles. The van der Waals surface area contributed by atoms with E-state index in [-0.39, 0.29) is 22.7 Å². The van der Waals surface area contributed by atoms with Gasteiger partial charge in [0.2, 0.25) is 5.91 Å². The fraction of sp³-hybridized carbons (Fsp3) is 0.250. The molecular weight excluding hydrogens is 472 g/mol. The van der Waals surface area contributed by atoms with Crippen molar-refractivity contribution in [2.45, 2.75) is 32.5 Å². The van der Waals surface area contributed by atoms with E-state index in [1.807, 2.05) is 13.8 Å². The number of nitrogens with one attached hydrogen (secondary N) is 1. The van der Waals surface area contributed by atoms with Crippen molar-refractivity contribution in [1.82, 2.24) is 9.55 Å². The minimum atomic E-state index is -0.521. The predicted molar refractivity (Wildman–Crippen MR) is 121 cm³/mol. The number of carbonyl (C=O) groups excluding carboxylic acids is 1. The average Bonchev–Trinajstić information content (AvgIpc) is 2.70. The Morgan fingerprint density at radius 3 is 2.70 bits per heavy atom. The van der Waals surface area contributed by atoms with Gasteiger partial charge in [0.25, 0.3) is 11.2 Å². The average molecular weight is 491 g/mol. The largest absolute Gasteiger partial charge is 0.319 e. The summed E-state index contributed by atoms with van der Waals surface area (Å²) in [6.45, 7) is 5.78. The molecule has 0 bridgehead atoms. The second kappa shape index (κ2) is 8.97. The second-order valence-corrected chi connectivity index (χ2v) is 8.46. The van der Waals surface area contributed by atoms with Crippen molar-refractivity contribution in [2.24, 2.45) is 0 Å². The van der Waals surface area contributed by atoms with Gasteiger partial charge in [-0.05, 0) is 50.1 Å². The van der Waals surface area contributed by atoms with Gasteiger partial charge in [0.05, 0.1) is 21.6 Å². The molecule has 0 radical (unpaired) electrons. The fourth-order valence-electron chi connectivity index (χ4n) is 2.98. The van der Waals surface area contributed by atoms with Crippen molar-refractivity contribution in [3.8, 4) is 0 Å². The first-order chi connectivity index (χ1) is 14.2. The van der Waals surface area contributed by atoms with Gasteiger partial charge in [-0.25, -0.2) is 4.98 Å². The minimum Gasteiger partial charge on any atom is -0.319 e. The van der Waals surface area contributed by atoms with E-state index in [0.29, 0.717) is 28.2 Å². The molecule has 30 heavy (non-hydrogen) atoms. The predicted octanol–water partition coefficient (Wildman–Crippen LogP) is 4.43. The van der Waals surface area contributed by atoms with E-state index < -0.39 is 10.8 Å². The zero-order valence-electron chi connectivity index (χ0n) is 16.6. The Bertz CT molecular complexity index is 1230. The number of rotatable bonds is 6. The zero-order valence-corrected chi connectivity index (χ0v) is 19.0. The molecule has 10 heteroatoms. The lowest BCUT2D eigenvalue weighted by Gasteiger charge is -2.13. The molecule has 0 saturated heterocycles. The summed E-state index contributed by atoms with van der Waals surface area (Å²) in [4.78, 5) is 40.6. The normalized spacial score (nSPS) is 10.9. The van der Waals surface area contributed by atoms with Crippen molar-refractivity contribution >= 4 is 55.9 Å². The van der Waals surface area contributed by atoms with Crippen molar-refractivity contribution in [1.29, 1.82) is 0 Å². The van der Waals surface area contributed by atoms with Crippen LogP contribution in [0, 0.1) is 24.0 Å². The molecule has 8 nitrogen and oxygen atoms in total. The lowest BCUT2D eigenvalue weighted by molar-refractivity contribution is -0.384. The van der Waals surface area contributed by atoms with Crippen LogP contribution in [0.5, 0.6) is 0 Å². The number of amides is 1. The summed E-state index contributed by atoms with van der Waals surface area (Å²) in [5, 5.41) is 14.9. The number of benzene rings is 2. The standard InChI is InChI=1S/C20H19BrN4O4S/c1-4-24-19(27)14-9-13(21)6-7-15(14)22-20(24)30-10-17(26)23-18-12(3)11(2)5-8-16(18)25(28)29/h5-9H,4,10H2,1-3H3,(H,23,26). The third-order valence-electron chi connectivity index (χ3n) is 4.70. The van der Waals surface area contributed by atoms with Crippen molar-refractivity contribution < 1.29 is 9.72 Å². The van der Waals surface area contributed by atoms with Gasteiger partial charge in [-0.1, -0.05) is 33.8 Å². The van der Waals surface area contributed by atoms with E-state index in [9.17, 15) is 19.7 Å². The highest BCUT2D eigenvalue weighted by atomic mass is 79.9. The maximum Gasteiger partial charge on any atom is 0.293 e. The number of thioether (sulfide) groups is 1. The van der Waals surface area contributed by atoms with Crippen LogP contribution in [0.2, 0.25) is 0 Å². The van der Waals surface area contributed by atoms with Gasteiger partial charge in [-0.3, -0.25) is 24.3 Å². The SMILES string of the molecule is CCn1c(SCC(=O)Nc2c([N+](=O)[O-])ccc(C)c2C)nc2ccc(Br)cc2c1=O. The maximum atomic E-state index is 12.8. The van der Waals surface area contributed by atoms with Gasteiger partial charge in [-0.15, -0.1) is 0 Å². The molecule has 0 fully saturated rings. The van der Waals surface area contributed by atoms with E-state index in [2.05, 4.69) is 26.2 Å². The molecule has 3 aromatic rings. The molecule has 0 aliphatic heterocycles. The summed E-state index contributed by atoms with van der Waals surface area (Å²) in [5.41, 5.74) is 1.87. The van der Waals surface area contributed by atoms with Crippen LogP contribution < -0.4 is 10.9 Å². The van der Waals surface area contributed by atoms with E-state index in [1.165, 1.54) is 10.6 Å². The Balaban J connectivity index is 1.86. The molecule has 1 heterocycles. The number of nitrogens with zero attached hydrogens (tertiary/aromatic N) is 3. The highest BCUT2D eigenvalue weighted by molar-refractivity contribution is 9.10. The van der Waals surface area contributed by atoms with Gasteiger partial charge < -0.3 is 5.32 Å². The summed E-state index contributed by atoms with van der Waals surface area (Å²) in [7, 11) is 0. The number of aryl methyl sites for hydroxylation is 1. The van der Waals surface area contributed by atoms with E-state index in [4.69, 9.17) is 0 Å². The fourth-order valence-corrected chi connectivity index (χ4v) is 4.20. The molecule has 3 rings (SSSR count). The minimum absolute atomic E-state index is 0.0426. The number of nitro benzene ring substituents is 1. The Kier molecular flexibility index (Phi) is 6.57. The van der Waals surface area contributed by atoms with Crippen LogP contribution in [0.3, 0.4) is 0 Å². The number of halogens is 1. The number of aromatic nitrogens is 2. The topological polar surface area (TPSA) is 107 Å². The first-order valence-corrected chi connectivity index (χ1v) is 10.9. The maximum absolute atomic E-state index is 12.8. The van der Waals surface area contributed by atoms with Crippen LogP contribution in [0.1, 0.15) is 18.1 Å². The van der Waals surface area contributed by atoms with Gasteiger partial charge in [0, 0.05) is 17.1 Å². The summed E-state index contributed by atoms with van der Waals surface area (Å²) < 4.78 is 2.29. The first-order valence-electron chi connectivity index (χ1n) is 9.10. The lowest BCUT2D eigenvalue weighted by atomic mass is 10.1. The van der Waals surface area contributed by atoms with E-state index in [0.717, 1.165) is 21.8 Å². The first kappa shape index (κ1) is 22.0. The molecule has 0 unspecified atom stereocenters. The van der Waals surface area contributed by atoms with Gasteiger partial charge in [0.15, 0.2) is 5.16 Å². The Hall–Kier alpha value is -2.72. The highest BCUT2D eigenvalue weighted by Crippen LogP contribution is 2.30. The Morgan fingerprint density at radius 1 is 1.30 bits per heavy atom. The second-order valence-electron chi connectivity index (χ2n) is 6.60. The smallest absolute Gasteiger partial charge is 0.293 e. The monoisotopic (exact) mass is 490 g/mol. The highest BCUT2D eigenvalue weighted by Gasteiger charge is 2.20. The molecule has 0 aliphatic rings. The van der Waals surface area contributed by atoms with Crippen LogP contribution in [0.4, 0.5) is 11.4 Å². The molecule has 1 amide bonds. The summed E-state index contributed by atoms with van der Waals surface area (Å²) in [6, 6.07) is 8.28. The van der Waals surface area contributed by atoms with E-state index >= 15 is 0 Å². The van der Waals surface area contributed by atoms with Crippen molar-refractivity contribution in [3.63, 3.8) is 0 Å². The molecular formula is C20H19BrN4O4S. The third-order valence-corrected chi connectivity index (χ3v) is 6.17. The summed E-state index contributed by atoms with van der Waals surface area (Å²) in [5.74, 6) is -0.455. The molecule has 1 aromatic heterocycles. The molecule has 0 saturated carbocycles. The third kappa shape index (κ3) is 4.39. The Morgan fingerprint density at radius 2 is 2.03 bits per heavy atom. The molecule has 1 N–H and O–H groups in total. The van der Waals surface area contributed by atoms with Gasteiger partial charge in [0.1, 0.15) is 5.69 Å². The number of fused-ring (bicyclic) bond motifs is 1. The van der Waals surface area contributed by atoms with Crippen LogP contribution in [0.15, 0.2) is 44.8 Å².